The molecule has 6 nitrogen and oxygen atoms in total. The van der Waals surface area contributed by atoms with Crippen LogP contribution in [0.15, 0.2) is 0 Å². The van der Waals surface area contributed by atoms with Gasteiger partial charge in [0.05, 0.1) is 6.04 Å². The molecule has 3 heterocycles. The largest absolute Gasteiger partial charge is 0.381 e. The highest BCUT2D eigenvalue weighted by atomic mass is 16.5. The van der Waals surface area contributed by atoms with E-state index in [9.17, 15) is 4.79 Å². The van der Waals surface area contributed by atoms with Gasteiger partial charge in [-0.15, -0.1) is 0 Å². The molecule has 0 spiro atoms. The van der Waals surface area contributed by atoms with Crippen molar-refractivity contribution in [1.29, 1.82) is 0 Å². The van der Waals surface area contributed by atoms with Crippen LogP contribution >= 0.6 is 0 Å². The molecule has 23 heavy (non-hydrogen) atoms. The normalized spacial score (nSPS) is 27.7. The Morgan fingerprint density at radius 1 is 1.13 bits per heavy atom. The number of carbonyl (C=O) groups excluding carboxylic acids is 1. The summed E-state index contributed by atoms with van der Waals surface area (Å²) in [6.07, 6.45) is 6.30. The lowest BCUT2D eigenvalue weighted by Crippen LogP contribution is -2.59. The monoisotopic (exact) mass is 325 g/mol. The number of hydrogen-bond acceptors (Lipinski definition) is 5. The van der Waals surface area contributed by atoms with Gasteiger partial charge in [0.1, 0.15) is 0 Å². The van der Waals surface area contributed by atoms with E-state index in [4.69, 9.17) is 15.2 Å². The standard InChI is InChI=1S/C17H31N3O3/c18-15(14-3-9-22-10-4-14)16(21)19-13-17(5-11-23-12-6-17)20-7-1-2-8-20/h14-15H,1-13,18H2,(H,19,21). The fourth-order valence-electron chi connectivity index (χ4n) is 4.21. The Morgan fingerprint density at radius 2 is 1.74 bits per heavy atom. The quantitative estimate of drug-likeness (QED) is 0.770. The Hall–Kier alpha value is -0.690. The van der Waals surface area contributed by atoms with Crippen LogP contribution in [0.4, 0.5) is 0 Å². The van der Waals surface area contributed by atoms with E-state index in [1.165, 1.54) is 12.8 Å². The molecule has 6 heteroatoms. The van der Waals surface area contributed by atoms with Crippen molar-refractivity contribution in [1.82, 2.24) is 10.2 Å². The minimum atomic E-state index is -0.408. The lowest BCUT2D eigenvalue weighted by Gasteiger charge is -2.45. The number of ether oxygens (including phenoxy) is 2. The minimum absolute atomic E-state index is 0.00182. The molecule has 0 aromatic carbocycles. The summed E-state index contributed by atoms with van der Waals surface area (Å²) in [7, 11) is 0. The van der Waals surface area contributed by atoms with Crippen LogP contribution in [-0.2, 0) is 14.3 Å². The Kier molecular flexibility index (Phi) is 5.91. The number of nitrogens with one attached hydrogen (secondary N) is 1. The van der Waals surface area contributed by atoms with Gasteiger partial charge in [-0.05, 0) is 57.5 Å². The highest BCUT2D eigenvalue weighted by molar-refractivity contribution is 5.81. The van der Waals surface area contributed by atoms with Crippen molar-refractivity contribution in [3.8, 4) is 0 Å². The second-order valence-electron chi connectivity index (χ2n) is 7.22. The van der Waals surface area contributed by atoms with Crippen molar-refractivity contribution >= 4 is 5.91 Å². The highest BCUT2D eigenvalue weighted by Crippen LogP contribution is 2.31. The first-order valence-electron chi connectivity index (χ1n) is 9.15. The Labute approximate surface area is 139 Å². The van der Waals surface area contributed by atoms with Gasteiger partial charge in [-0.1, -0.05) is 0 Å². The second kappa shape index (κ2) is 7.92. The van der Waals surface area contributed by atoms with Crippen LogP contribution in [0.3, 0.4) is 0 Å². The van der Waals surface area contributed by atoms with Crippen molar-refractivity contribution in [2.24, 2.45) is 11.7 Å². The fourth-order valence-corrected chi connectivity index (χ4v) is 4.21. The van der Waals surface area contributed by atoms with Gasteiger partial charge in [-0.2, -0.15) is 0 Å². The van der Waals surface area contributed by atoms with E-state index in [1.54, 1.807) is 0 Å². The molecule has 3 saturated heterocycles. The number of carbonyl (C=O) groups is 1. The zero-order valence-corrected chi connectivity index (χ0v) is 14.1. The number of likely N-dealkylation sites (tertiary alicyclic amines) is 1. The summed E-state index contributed by atoms with van der Waals surface area (Å²) in [4.78, 5) is 15.1. The van der Waals surface area contributed by atoms with Crippen LogP contribution in [0.5, 0.6) is 0 Å². The molecule has 3 aliphatic heterocycles. The Bertz CT molecular complexity index is 387. The smallest absolute Gasteiger partial charge is 0.237 e. The van der Waals surface area contributed by atoms with Gasteiger partial charge in [0, 0.05) is 38.5 Å². The zero-order valence-electron chi connectivity index (χ0n) is 14.1. The molecule has 3 fully saturated rings. The van der Waals surface area contributed by atoms with Gasteiger partial charge in [0.15, 0.2) is 0 Å². The number of nitrogens with two attached hydrogens (primary N) is 1. The van der Waals surface area contributed by atoms with Gasteiger partial charge in [0.2, 0.25) is 5.91 Å². The topological polar surface area (TPSA) is 76.8 Å². The first-order valence-corrected chi connectivity index (χ1v) is 9.15. The molecule has 0 saturated carbocycles. The highest BCUT2D eigenvalue weighted by Gasteiger charge is 2.40. The zero-order chi connectivity index (χ0) is 16.1. The Morgan fingerprint density at radius 3 is 2.39 bits per heavy atom. The third-order valence-corrected chi connectivity index (χ3v) is 5.87. The summed E-state index contributed by atoms with van der Waals surface area (Å²) < 4.78 is 10.9. The molecule has 0 aliphatic carbocycles. The van der Waals surface area contributed by atoms with Crippen LogP contribution in [0.1, 0.15) is 38.5 Å². The molecule has 1 unspecified atom stereocenters. The summed E-state index contributed by atoms with van der Waals surface area (Å²) in [5, 5.41) is 3.17. The first-order chi connectivity index (χ1) is 11.2. The molecule has 0 radical (unpaired) electrons. The average Bonchev–Trinajstić information content (AvgIpc) is 3.16. The van der Waals surface area contributed by atoms with Gasteiger partial charge >= 0.3 is 0 Å². The number of nitrogens with zero attached hydrogens (tertiary/aromatic N) is 1. The van der Waals surface area contributed by atoms with E-state index in [0.29, 0.717) is 6.54 Å². The van der Waals surface area contributed by atoms with Crippen molar-refractivity contribution in [2.45, 2.75) is 50.1 Å². The van der Waals surface area contributed by atoms with Crippen molar-refractivity contribution in [3.05, 3.63) is 0 Å². The van der Waals surface area contributed by atoms with Crippen LogP contribution in [0, 0.1) is 5.92 Å². The van der Waals surface area contributed by atoms with E-state index in [-0.39, 0.29) is 17.4 Å². The van der Waals surface area contributed by atoms with E-state index in [2.05, 4.69) is 10.2 Å². The molecule has 3 rings (SSSR count). The van der Waals surface area contributed by atoms with Crippen molar-refractivity contribution in [2.75, 3.05) is 46.1 Å². The van der Waals surface area contributed by atoms with Crippen molar-refractivity contribution in [3.63, 3.8) is 0 Å². The van der Waals surface area contributed by atoms with Gasteiger partial charge < -0.3 is 20.5 Å². The van der Waals surface area contributed by atoms with E-state index >= 15 is 0 Å². The molecular weight excluding hydrogens is 294 g/mol. The summed E-state index contributed by atoms with van der Waals surface area (Å²) >= 11 is 0. The fraction of sp³-hybridized carbons (Fsp3) is 0.941. The lowest BCUT2D eigenvalue weighted by atomic mass is 9.87. The van der Waals surface area contributed by atoms with Crippen LogP contribution in [0.25, 0.3) is 0 Å². The summed E-state index contributed by atoms with van der Waals surface area (Å²) in [6, 6.07) is -0.408. The van der Waals surface area contributed by atoms with Gasteiger partial charge in [0.25, 0.3) is 0 Å². The first kappa shape index (κ1) is 17.1. The van der Waals surface area contributed by atoms with E-state index in [1.807, 2.05) is 0 Å². The van der Waals surface area contributed by atoms with Crippen LogP contribution < -0.4 is 11.1 Å². The third-order valence-electron chi connectivity index (χ3n) is 5.87. The van der Waals surface area contributed by atoms with Crippen LogP contribution in [0.2, 0.25) is 0 Å². The summed E-state index contributed by atoms with van der Waals surface area (Å²) in [6.45, 7) is 6.01. The van der Waals surface area contributed by atoms with Crippen LogP contribution in [-0.4, -0.2) is 68.4 Å². The minimum Gasteiger partial charge on any atom is -0.381 e. The molecule has 0 aromatic heterocycles. The Balaban J connectivity index is 1.56. The molecular formula is C17H31N3O3. The average molecular weight is 325 g/mol. The predicted octanol–water partition coefficient (Wildman–Crippen LogP) is 0.502. The maximum absolute atomic E-state index is 12.5. The predicted molar refractivity (Wildman–Crippen MR) is 88.1 cm³/mol. The molecule has 3 aliphatic rings. The molecule has 1 amide bonds. The number of rotatable bonds is 5. The maximum atomic E-state index is 12.5. The van der Waals surface area contributed by atoms with Crippen molar-refractivity contribution < 1.29 is 14.3 Å². The van der Waals surface area contributed by atoms with Gasteiger partial charge in [-0.3, -0.25) is 9.69 Å². The second-order valence-corrected chi connectivity index (χ2v) is 7.22. The number of hydrogen-bond donors (Lipinski definition) is 2. The van der Waals surface area contributed by atoms with Gasteiger partial charge in [-0.25, -0.2) is 0 Å². The summed E-state index contributed by atoms with van der Waals surface area (Å²) in [5.41, 5.74) is 6.27. The molecule has 1 atom stereocenters. The number of amides is 1. The molecule has 3 N–H and O–H groups in total. The van der Waals surface area contributed by atoms with E-state index in [0.717, 1.165) is 65.2 Å². The molecule has 0 bridgehead atoms. The van der Waals surface area contributed by atoms with E-state index < -0.39 is 6.04 Å². The lowest BCUT2D eigenvalue weighted by molar-refractivity contribution is -0.125. The summed E-state index contributed by atoms with van der Waals surface area (Å²) in [5.74, 6) is 0.253. The molecule has 132 valence electrons. The SMILES string of the molecule is NC(C(=O)NCC1(N2CCCC2)CCOCC1)C1CCOCC1. The third kappa shape index (κ3) is 4.05. The maximum Gasteiger partial charge on any atom is 0.237 e. The molecule has 0 aromatic rings.